The molecule has 1 aliphatic heterocycles. The Morgan fingerprint density at radius 3 is 2.62 bits per heavy atom. The maximum absolute atomic E-state index is 13.9. The van der Waals surface area contributed by atoms with Crippen LogP contribution in [0, 0.1) is 5.82 Å². The number of nitrogens with two attached hydrogens (primary N) is 1. The quantitative estimate of drug-likeness (QED) is 0.851. The van der Waals surface area contributed by atoms with Gasteiger partial charge in [0, 0.05) is 13.1 Å². The van der Waals surface area contributed by atoms with Gasteiger partial charge in [-0.25, -0.2) is 4.39 Å². The topological polar surface area (TPSA) is 29.3 Å². The molecule has 1 unspecified atom stereocenters. The number of halogens is 1. The van der Waals surface area contributed by atoms with Gasteiger partial charge in [0.1, 0.15) is 5.82 Å². The third kappa shape index (κ3) is 2.19. The largest absolute Gasteiger partial charge is 0.369 e. The molecule has 2 N–H and O–H groups in total. The molecule has 2 rings (SSSR count). The summed E-state index contributed by atoms with van der Waals surface area (Å²) in [6, 6.07) is 5.52. The molecule has 2 nitrogen and oxygen atoms in total. The molecular weight excluding hydrogens is 203 g/mol. The molecule has 16 heavy (non-hydrogen) atoms. The maximum Gasteiger partial charge on any atom is 0.146 e. The third-order valence-corrected chi connectivity index (χ3v) is 3.34. The fraction of sp³-hybridized carbons (Fsp3) is 0.538. The van der Waals surface area contributed by atoms with Gasteiger partial charge in [-0.15, -0.1) is 0 Å². The number of benzene rings is 1. The zero-order valence-electron chi connectivity index (χ0n) is 9.75. The number of anilines is 1. The van der Waals surface area contributed by atoms with Crippen LogP contribution in [0.25, 0.3) is 0 Å². The Morgan fingerprint density at radius 2 is 2.06 bits per heavy atom. The van der Waals surface area contributed by atoms with E-state index in [1.807, 2.05) is 19.1 Å². The van der Waals surface area contributed by atoms with Crippen molar-refractivity contribution in [1.29, 1.82) is 0 Å². The first kappa shape index (κ1) is 11.4. The summed E-state index contributed by atoms with van der Waals surface area (Å²) in [6.45, 7) is 4.53. The van der Waals surface area contributed by atoms with E-state index in [0.717, 1.165) is 24.3 Å². The van der Waals surface area contributed by atoms with E-state index >= 15 is 0 Å². The van der Waals surface area contributed by atoms with Crippen molar-refractivity contribution in [2.45, 2.75) is 25.7 Å². The van der Waals surface area contributed by atoms with E-state index in [-0.39, 0.29) is 11.7 Å². The fourth-order valence-corrected chi connectivity index (χ4v) is 2.18. The minimum Gasteiger partial charge on any atom is -0.369 e. The van der Waals surface area contributed by atoms with Gasteiger partial charge in [0.2, 0.25) is 0 Å². The highest BCUT2D eigenvalue weighted by Gasteiger charge is 2.16. The predicted molar refractivity (Wildman–Crippen MR) is 65.3 cm³/mol. The molecule has 1 saturated heterocycles. The molecule has 1 atom stereocenters. The predicted octanol–water partition coefficient (Wildman–Crippen LogP) is 2.49. The van der Waals surface area contributed by atoms with Gasteiger partial charge in [-0.1, -0.05) is 13.0 Å². The van der Waals surface area contributed by atoms with E-state index < -0.39 is 0 Å². The van der Waals surface area contributed by atoms with Crippen LogP contribution in [0.4, 0.5) is 10.1 Å². The molecule has 1 aromatic rings. The van der Waals surface area contributed by atoms with Crippen LogP contribution in [-0.4, -0.2) is 19.6 Å². The molecule has 88 valence electrons. The molecule has 0 amide bonds. The molecule has 1 aliphatic rings. The first-order valence-corrected chi connectivity index (χ1v) is 5.97. The Hall–Kier alpha value is -1.09. The SMILES string of the molecule is CC(CN)c1ccc(N2CCCC2)c(F)c1. The van der Waals surface area contributed by atoms with Gasteiger partial charge in [-0.3, -0.25) is 0 Å². The lowest BCUT2D eigenvalue weighted by Gasteiger charge is -2.19. The van der Waals surface area contributed by atoms with Crippen molar-refractivity contribution >= 4 is 5.69 Å². The molecule has 0 saturated carbocycles. The Labute approximate surface area is 96.2 Å². The van der Waals surface area contributed by atoms with Crippen molar-refractivity contribution in [2.24, 2.45) is 5.73 Å². The zero-order valence-corrected chi connectivity index (χ0v) is 9.75. The van der Waals surface area contributed by atoms with Gasteiger partial charge in [0.05, 0.1) is 5.69 Å². The second-order valence-electron chi connectivity index (χ2n) is 4.54. The summed E-state index contributed by atoms with van der Waals surface area (Å²) >= 11 is 0. The highest BCUT2D eigenvalue weighted by Crippen LogP contribution is 2.26. The van der Waals surface area contributed by atoms with Crippen LogP contribution in [0.2, 0.25) is 0 Å². The molecule has 1 fully saturated rings. The number of hydrogen-bond acceptors (Lipinski definition) is 2. The van der Waals surface area contributed by atoms with Gasteiger partial charge >= 0.3 is 0 Å². The smallest absolute Gasteiger partial charge is 0.146 e. The number of hydrogen-bond donors (Lipinski definition) is 1. The normalized spacial score (nSPS) is 17.8. The van der Waals surface area contributed by atoms with Gasteiger partial charge in [-0.2, -0.15) is 0 Å². The van der Waals surface area contributed by atoms with Crippen molar-refractivity contribution in [2.75, 3.05) is 24.5 Å². The molecule has 0 bridgehead atoms. The lowest BCUT2D eigenvalue weighted by Crippen LogP contribution is -2.19. The monoisotopic (exact) mass is 222 g/mol. The fourth-order valence-electron chi connectivity index (χ4n) is 2.18. The lowest BCUT2D eigenvalue weighted by molar-refractivity contribution is 0.617. The first-order chi connectivity index (χ1) is 7.72. The standard InChI is InChI=1S/C13H19FN2/c1-10(9-15)11-4-5-13(12(14)8-11)16-6-2-3-7-16/h4-5,8,10H,2-3,6-7,9,15H2,1H3. The Bertz CT molecular complexity index is 359. The number of nitrogens with zero attached hydrogens (tertiary/aromatic N) is 1. The average molecular weight is 222 g/mol. The molecule has 1 heterocycles. The van der Waals surface area contributed by atoms with Crippen LogP contribution in [-0.2, 0) is 0 Å². The van der Waals surface area contributed by atoms with Crippen LogP contribution in [0.3, 0.4) is 0 Å². The summed E-state index contributed by atoms with van der Waals surface area (Å²) in [7, 11) is 0. The molecule has 0 radical (unpaired) electrons. The van der Waals surface area contributed by atoms with Gasteiger partial charge < -0.3 is 10.6 Å². The van der Waals surface area contributed by atoms with Crippen LogP contribution >= 0.6 is 0 Å². The summed E-state index contributed by atoms with van der Waals surface area (Å²) in [4.78, 5) is 2.12. The summed E-state index contributed by atoms with van der Waals surface area (Å²) in [5.41, 5.74) is 7.31. The Kier molecular flexibility index (Phi) is 3.44. The van der Waals surface area contributed by atoms with Crippen LogP contribution in [0.15, 0.2) is 18.2 Å². The van der Waals surface area contributed by atoms with Crippen molar-refractivity contribution < 1.29 is 4.39 Å². The second kappa shape index (κ2) is 4.83. The van der Waals surface area contributed by atoms with Gasteiger partial charge in [0.15, 0.2) is 0 Å². The lowest BCUT2D eigenvalue weighted by atomic mass is 10.0. The van der Waals surface area contributed by atoms with Crippen LogP contribution in [0.1, 0.15) is 31.2 Å². The number of rotatable bonds is 3. The van der Waals surface area contributed by atoms with Gasteiger partial charge in [-0.05, 0) is 43.0 Å². The summed E-state index contributed by atoms with van der Waals surface area (Å²) in [5.74, 6) is 0.113. The third-order valence-electron chi connectivity index (χ3n) is 3.34. The van der Waals surface area contributed by atoms with Crippen molar-refractivity contribution in [3.05, 3.63) is 29.6 Å². The van der Waals surface area contributed by atoms with E-state index in [9.17, 15) is 4.39 Å². The molecular formula is C13H19FN2. The zero-order chi connectivity index (χ0) is 11.5. The van der Waals surface area contributed by atoms with Gasteiger partial charge in [0.25, 0.3) is 0 Å². The molecule has 1 aromatic carbocycles. The summed E-state index contributed by atoms with van der Waals surface area (Å²) in [5, 5.41) is 0. The summed E-state index contributed by atoms with van der Waals surface area (Å²) in [6.07, 6.45) is 2.33. The second-order valence-corrected chi connectivity index (χ2v) is 4.54. The molecule has 0 spiro atoms. The molecule has 0 aliphatic carbocycles. The van der Waals surface area contributed by atoms with Crippen LogP contribution < -0.4 is 10.6 Å². The Balaban J connectivity index is 2.22. The maximum atomic E-state index is 13.9. The van der Waals surface area contributed by atoms with E-state index in [2.05, 4.69) is 4.90 Å². The Morgan fingerprint density at radius 1 is 1.38 bits per heavy atom. The van der Waals surface area contributed by atoms with E-state index in [1.54, 1.807) is 6.07 Å². The highest BCUT2D eigenvalue weighted by atomic mass is 19.1. The summed E-state index contributed by atoms with van der Waals surface area (Å²) < 4.78 is 13.9. The molecule has 3 heteroatoms. The van der Waals surface area contributed by atoms with E-state index in [1.165, 1.54) is 12.8 Å². The minimum absolute atomic E-state index is 0.111. The van der Waals surface area contributed by atoms with Crippen molar-refractivity contribution in [1.82, 2.24) is 0 Å². The van der Waals surface area contributed by atoms with E-state index in [0.29, 0.717) is 6.54 Å². The minimum atomic E-state index is -0.111. The van der Waals surface area contributed by atoms with E-state index in [4.69, 9.17) is 5.73 Å². The van der Waals surface area contributed by atoms with Crippen molar-refractivity contribution in [3.8, 4) is 0 Å². The van der Waals surface area contributed by atoms with Crippen LogP contribution in [0.5, 0.6) is 0 Å². The highest BCUT2D eigenvalue weighted by molar-refractivity contribution is 5.50. The first-order valence-electron chi connectivity index (χ1n) is 5.97. The van der Waals surface area contributed by atoms with Crippen molar-refractivity contribution in [3.63, 3.8) is 0 Å². The molecule has 0 aromatic heterocycles. The average Bonchev–Trinajstić information content (AvgIpc) is 2.81.